The summed E-state index contributed by atoms with van der Waals surface area (Å²) in [5, 5.41) is 9.14. The van der Waals surface area contributed by atoms with E-state index in [1.165, 1.54) is 30.1 Å². The van der Waals surface area contributed by atoms with Crippen molar-refractivity contribution in [2.45, 2.75) is 201 Å². The highest BCUT2D eigenvalue weighted by molar-refractivity contribution is 6.06. The summed E-state index contributed by atoms with van der Waals surface area (Å²) in [6, 6.07) is 5.32. The number of rotatable bonds is 14. The van der Waals surface area contributed by atoms with E-state index < -0.39 is 46.3 Å². The molecule has 0 atom stereocenters. The molecule has 0 saturated heterocycles. The lowest BCUT2D eigenvalue weighted by Crippen LogP contribution is -2.53. The molecule has 0 spiro atoms. The first-order chi connectivity index (χ1) is 31.3. The third-order valence-corrected chi connectivity index (χ3v) is 13.2. The smallest absolute Gasteiger partial charge is 0.417 e. The predicted molar refractivity (Wildman–Crippen MR) is 250 cm³/mol. The Kier molecular flexibility index (Phi) is 16.9. The molecule has 0 radical (unpaired) electrons. The van der Waals surface area contributed by atoms with E-state index >= 15 is 0 Å². The van der Waals surface area contributed by atoms with E-state index in [9.17, 15) is 41.9 Å². The van der Waals surface area contributed by atoms with Crippen molar-refractivity contribution in [3.8, 4) is 11.5 Å². The maximum atomic E-state index is 14.2. The first-order valence-electron chi connectivity index (χ1n) is 24.1. The highest BCUT2D eigenvalue weighted by atomic mass is 19.4. The van der Waals surface area contributed by atoms with Crippen LogP contribution in [0.4, 0.5) is 24.5 Å². The molecule has 4 aliphatic rings. The molecule has 2 heterocycles. The second kappa shape index (κ2) is 21.4. The fraction of sp³-hybridized carbons (Fsp3) is 0.647. The number of aryl methyl sites for hydroxylation is 1. The Hall–Kier alpha value is -5.15. The van der Waals surface area contributed by atoms with Crippen molar-refractivity contribution in [1.29, 1.82) is 0 Å². The van der Waals surface area contributed by atoms with Crippen LogP contribution in [-0.4, -0.2) is 98.7 Å². The lowest BCUT2D eigenvalue weighted by atomic mass is 9.92. The van der Waals surface area contributed by atoms with Crippen LogP contribution in [0, 0.1) is 6.92 Å². The summed E-state index contributed by atoms with van der Waals surface area (Å²) in [6.45, 7) is 17.8. The molecule has 2 aromatic carbocycles. The van der Waals surface area contributed by atoms with Crippen molar-refractivity contribution in [2.75, 3.05) is 22.9 Å². The summed E-state index contributed by atoms with van der Waals surface area (Å²) >= 11 is 0. The van der Waals surface area contributed by atoms with Gasteiger partial charge in [-0.1, -0.05) is 45.4 Å². The Bertz CT molecular complexity index is 2170. The largest absolute Gasteiger partial charge is 0.481 e. The van der Waals surface area contributed by atoms with E-state index in [2.05, 4.69) is 0 Å². The minimum absolute atomic E-state index is 0.00692. The maximum Gasteiger partial charge on any atom is 0.417 e. The molecule has 2 aliphatic carbocycles. The Morgan fingerprint density at radius 3 is 1.52 bits per heavy atom. The van der Waals surface area contributed by atoms with Gasteiger partial charge in [-0.25, -0.2) is 0 Å². The van der Waals surface area contributed by atoms with Crippen LogP contribution < -0.4 is 19.3 Å². The van der Waals surface area contributed by atoms with Gasteiger partial charge in [0.05, 0.1) is 28.9 Å². The first kappa shape index (κ1) is 52.8. The van der Waals surface area contributed by atoms with Crippen LogP contribution in [-0.2, 0) is 25.4 Å². The van der Waals surface area contributed by atoms with Gasteiger partial charge in [0.2, 0.25) is 0 Å². The van der Waals surface area contributed by atoms with Crippen LogP contribution >= 0.6 is 0 Å². The number of halogens is 3. The molecule has 370 valence electrons. The lowest BCUT2D eigenvalue weighted by Gasteiger charge is -2.40. The molecular weight excluding hydrogens is 870 g/mol. The number of aliphatic carboxylic acids is 1. The SMILES string of the molecule is CCCC(=O)CCN1C(=O)C(C)(C)Oc2cc(C(F)(F)F)c(C(=O)N(C(C)C)C3CCCCC3)cc21.Cc1cc2c(cc1C(=O)N(C(C)C)C1CCCCC1)N(CCC(=O)O)C(=O)C(C)(C)O2. The second-order valence-electron chi connectivity index (χ2n) is 20.0. The number of fused-ring (bicyclic) bond motifs is 2. The fourth-order valence-corrected chi connectivity index (χ4v) is 9.90. The van der Waals surface area contributed by atoms with Gasteiger partial charge in [0.1, 0.15) is 17.3 Å². The zero-order valence-electron chi connectivity index (χ0n) is 41.1. The van der Waals surface area contributed by atoms with Crippen molar-refractivity contribution >= 4 is 46.8 Å². The van der Waals surface area contributed by atoms with Gasteiger partial charge in [0.15, 0.2) is 11.2 Å². The average molecular weight is 941 g/mol. The van der Waals surface area contributed by atoms with E-state index in [-0.39, 0.29) is 79.1 Å². The molecule has 2 saturated carbocycles. The molecule has 0 aromatic heterocycles. The number of nitrogens with zero attached hydrogens (tertiary/aromatic N) is 4. The molecular formula is C51H71F3N4O9. The molecule has 2 fully saturated rings. The molecule has 2 aliphatic heterocycles. The van der Waals surface area contributed by atoms with Crippen LogP contribution in [0.3, 0.4) is 0 Å². The fourth-order valence-electron chi connectivity index (χ4n) is 9.90. The van der Waals surface area contributed by atoms with Crippen molar-refractivity contribution in [1.82, 2.24) is 9.80 Å². The second-order valence-corrected chi connectivity index (χ2v) is 20.0. The molecule has 67 heavy (non-hydrogen) atoms. The number of benzene rings is 2. The highest BCUT2D eigenvalue weighted by Gasteiger charge is 2.46. The number of carbonyl (C=O) groups is 6. The van der Waals surface area contributed by atoms with E-state index in [4.69, 9.17) is 14.6 Å². The summed E-state index contributed by atoms with van der Waals surface area (Å²) in [6.07, 6.45) is 5.99. The summed E-state index contributed by atoms with van der Waals surface area (Å²) in [7, 11) is 0. The number of anilines is 2. The standard InChI is InChI=1S/C27H37F3N2O4.C24H34N2O5/c1-6-10-19(33)13-14-31-22-15-20(24(34)32(17(2)3)18-11-8-7-9-12-18)21(27(28,29)30)16-23(22)36-26(4,5)25(31)35;1-15(2)26(17-9-7-6-8-10-17)22(29)18-14-19-20(13-16(18)3)31-24(4,5)23(30)25(19)12-11-21(27)28/h15-18H,6-14H2,1-5H3;13-15,17H,6-12H2,1-5H3,(H,27,28). The maximum absolute atomic E-state index is 14.2. The molecule has 16 heteroatoms. The van der Waals surface area contributed by atoms with Crippen LogP contribution in [0.5, 0.6) is 11.5 Å². The van der Waals surface area contributed by atoms with Crippen LogP contribution in [0.25, 0.3) is 0 Å². The molecule has 13 nitrogen and oxygen atoms in total. The van der Waals surface area contributed by atoms with Gasteiger partial charge in [-0.05, 0) is 124 Å². The van der Waals surface area contributed by atoms with Crippen molar-refractivity contribution < 1.29 is 56.5 Å². The molecule has 0 bridgehead atoms. The number of amides is 4. The third-order valence-electron chi connectivity index (χ3n) is 13.2. The number of hydrogen-bond donors (Lipinski definition) is 1. The van der Waals surface area contributed by atoms with Crippen LogP contribution in [0.15, 0.2) is 24.3 Å². The average Bonchev–Trinajstić information content (AvgIpc) is 3.24. The van der Waals surface area contributed by atoms with E-state index in [0.29, 0.717) is 29.8 Å². The van der Waals surface area contributed by atoms with Crippen molar-refractivity contribution in [3.05, 3.63) is 46.5 Å². The quantitative estimate of drug-likeness (QED) is 0.195. The van der Waals surface area contributed by atoms with E-state index in [1.807, 2.05) is 32.6 Å². The zero-order valence-corrected chi connectivity index (χ0v) is 41.1. The Balaban J connectivity index is 0.000000254. The first-order valence-corrected chi connectivity index (χ1v) is 24.1. The topological polar surface area (TPSA) is 154 Å². The number of carbonyl (C=O) groups excluding carboxylic acids is 5. The summed E-state index contributed by atoms with van der Waals surface area (Å²) in [5.74, 6) is -2.17. The molecule has 1 N–H and O–H groups in total. The van der Waals surface area contributed by atoms with Crippen molar-refractivity contribution in [2.24, 2.45) is 0 Å². The van der Waals surface area contributed by atoms with Crippen LogP contribution in [0.2, 0.25) is 0 Å². The summed E-state index contributed by atoms with van der Waals surface area (Å²) in [4.78, 5) is 83.2. The number of ketones is 1. The number of hydrogen-bond acceptors (Lipinski definition) is 8. The highest BCUT2D eigenvalue weighted by Crippen LogP contribution is 2.45. The minimum Gasteiger partial charge on any atom is -0.481 e. The van der Waals surface area contributed by atoms with Gasteiger partial charge in [-0.15, -0.1) is 0 Å². The number of alkyl halides is 3. The van der Waals surface area contributed by atoms with E-state index in [0.717, 1.165) is 75.5 Å². The lowest BCUT2D eigenvalue weighted by molar-refractivity contribution is -0.139. The number of Topliss-reactive ketones (excluding diaryl/α,β-unsaturated/α-hetero) is 1. The predicted octanol–water partition coefficient (Wildman–Crippen LogP) is 10.3. The molecule has 2 aromatic rings. The van der Waals surface area contributed by atoms with Gasteiger partial charge in [-0.3, -0.25) is 28.8 Å². The Morgan fingerprint density at radius 1 is 0.687 bits per heavy atom. The zero-order chi connectivity index (χ0) is 49.8. The monoisotopic (exact) mass is 941 g/mol. The number of carboxylic acids is 1. The van der Waals surface area contributed by atoms with Crippen LogP contribution in [0.1, 0.15) is 184 Å². The number of carboxylic acid groups (broad SMARTS) is 1. The normalized spacial score (nSPS) is 18.3. The number of ether oxygens (including phenoxy) is 2. The van der Waals surface area contributed by atoms with Gasteiger partial charge >= 0.3 is 12.1 Å². The summed E-state index contributed by atoms with van der Waals surface area (Å²) < 4.78 is 54.4. The van der Waals surface area contributed by atoms with Gasteiger partial charge < -0.3 is 34.2 Å². The van der Waals surface area contributed by atoms with Gasteiger partial charge in [-0.2, -0.15) is 13.2 Å². The molecule has 0 unspecified atom stereocenters. The third kappa shape index (κ3) is 12.1. The van der Waals surface area contributed by atoms with Gasteiger partial charge in [0.25, 0.3) is 23.6 Å². The van der Waals surface area contributed by atoms with E-state index in [1.54, 1.807) is 44.7 Å². The molecule has 4 amide bonds. The minimum atomic E-state index is -4.80. The van der Waals surface area contributed by atoms with Crippen molar-refractivity contribution in [3.63, 3.8) is 0 Å². The molecule has 6 rings (SSSR count). The summed E-state index contributed by atoms with van der Waals surface area (Å²) in [5.41, 5.74) is -2.22. The van der Waals surface area contributed by atoms with Gasteiger partial charge in [0, 0.05) is 55.7 Å². The Morgan fingerprint density at radius 2 is 1.10 bits per heavy atom. The Labute approximate surface area is 393 Å².